The Hall–Kier alpha value is -3.49. The van der Waals surface area contributed by atoms with Crippen molar-refractivity contribution in [2.24, 2.45) is 0 Å². The van der Waals surface area contributed by atoms with Crippen molar-refractivity contribution in [1.29, 1.82) is 0 Å². The molecule has 0 saturated carbocycles. The lowest BCUT2D eigenvalue weighted by Gasteiger charge is -2.22. The van der Waals surface area contributed by atoms with Crippen LogP contribution in [0, 0.1) is 0 Å². The Kier molecular flexibility index (Phi) is 8.18. The first-order valence-corrected chi connectivity index (χ1v) is 12.3. The summed E-state index contributed by atoms with van der Waals surface area (Å²) in [7, 11) is 3.21. The van der Waals surface area contributed by atoms with E-state index in [1.54, 1.807) is 30.6 Å². The predicted molar refractivity (Wildman–Crippen MR) is 143 cm³/mol. The van der Waals surface area contributed by atoms with Gasteiger partial charge in [-0.25, -0.2) is 0 Å². The van der Waals surface area contributed by atoms with Gasteiger partial charge in [-0.15, -0.1) is 0 Å². The predicted octanol–water partition coefficient (Wildman–Crippen LogP) is 3.36. The Labute approximate surface area is 219 Å². The van der Waals surface area contributed by atoms with Gasteiger partial charge in [-0.3, -0.25) is 14.5 Å². The molecule has 36 heavy (non-hydrogen) atoms. The second kappa shape index (κ2) is 11.5. The van der Waals surface area contributed by atoms with Crippen LogP contribution in [-0.2, 0) is 4.79 Å². The third kappa shape index (κ3) is 5.66. The van der Waals surface area contributed by atoms with Crippen molar-refractivity contribution < 1.29 is 23.9 Å². The van der Waals surface area contributed by atoms with Crippen LogP contribution in [0.1, 0.15) is 6.92 Å². The lowest BCUT2D eigenvalue weighted by atomic mass is 10.2. The quantitative estimate of drug-likeness (QED) is 0.308. The van der Waals surface area contributed by atoms with Gasteiger partial charge < -0.3 is 15.5 Å². The Morgan fingerprint density at radius 1 is 0.806 bits per heavy atom. The zero-order chi connectivity index (χ0) is 25.7. The van der Waals surface area contributed by atoms with Crippen LogP contribution in [-0.4, -0.2) is 51.2 Å². The summed E-state index contributed by atoms with van der Waals surface area (Å²) in [6, 6.07) is 15.2. The molecule has 0 aliphatic carbocycles. The van der Waals surface area contributed by atoms with Gasteiger partial charge in [-0.1, -0.05) is 23.2 Å². The highest BCUT2D eigenvalue weighted by Gasteiger charge is 2.16. The normalized spacial score (nSPS) is 10.9. The topological polar surface area (TPSA) is 70.6 Å². The van der Waals surface area contributed by atoms with Crippen molar-refractivity contribution in [3.8, 4) is 0 Å². The minimum absolute atomic E-state index is 0.0162. The smallest absolute Gasteiger partial charge is 0.268 e. The van der Waals surface area contributed by atoms with Gasteiger partial charge in [0.1, 0.15) is 14.2 Å². The molecule has 8 nitrogen and oxygen atoms in total. The van der Waals surface area contributed by atoms with Crippen LogP contribution in [0.4, 0.5) is 11.4 Å². The molecule has 4 aromatic rings. The number of carbonyl (C=O) groups is 1. The number of rotatable bonds is 10. The minimum atomic E-state index is 0.0162. The number of hydrogen-bond donors (Lipinski definition) is 2. The highest BCUT2D eigenvalue weighted by atomic mass is 35.5. The average molecular weight is 530 g/mol. The van der Waals surface area contributed by atoms with Crippen LogP contribution in [0.2, 0.25) is 10.0 Å². The van der Waals surface area contributed by atoms with Crippen LogP contribution in [0.15, 0.2) is 60.9 Å². The number of aromatic nitrogens is 2. The number of nitrogens with one attached hydrogen (secondary N) is 2. The zero-order valence-electron chi connectivity index (χ0n) is 20.4. The number of fused-ring (bicyclic) bond motifs is 2. The van der Waals surface area contributed by atoms with Crippen molar-refractivity contribution in [2.45, 2.75) is 6.92 Å². The molecule has 4 rings (SSSR count). The SMILES string of the molecule is CO[n+]1ccc(NCCN(CCNc2cc[n+](OC)c3cc(Cl)ccc23)C(C)=O)c2ccc(Cl)cc21. The third-order valence-corrected chi connectivity index (χ3v) is 6.43. The number of halogens is 2. The van der Waals surface area contributed by atoms with E-state index in [-0.39, 0.29) is 5.91 Å². The number of nitrogens with zero attached hydrogens (tertiary/aromatic N) is 3. The highest BCUT2D eigenvalue weighted by Crippen LogP contribution is 2.24. The van der Waals surface area contributed by atoms with Crippen LogP contribution in [0.25, 0.3) is 21.8 Å². The molecule has 2 aromatic carbocycles. The van der Waals surface area contributed by atoms with Gasteiger partial charge in [0, 0.05) is 76.9 Å². The molecule has 0 atom stereocenters. The monoisotopic (exact) mass is 529 g/mol. The van der Waals surface area contributed by atoms with Crippen LogP contribution >= 0.6 is 23.2 Å². The van der Waals surface area contributed by atoms with Crippen molar-refractivity contribution in [1.82, 2.24) is 4.90 Å². The number of amides is 1. The standard InChI is InChI=1S/C26H27Cl2N5O3/c1-18(34)31(14-10-29-23-8-12-32(35-2)25-16-19(27)4-6-21(23)25)15-11-30-24-9-13-33(36-3)26-17-20(28)5-7-22(24)26/h4-9,12-13,16-17H,10-11,14-15H2,1-3H3/p+2. The first kappa shape index (κ1) is 25.6. The molecular weight excluding hydrogens is 501 g/mol. The maximum Gasteiger partial charge on any atom is 0.268 e. The summed E-state index contributed by atoms with van der Waals surface area (Å²) in [6.07, 6.45) is 3.66. The van der Waals surface area contributed by atoms with E-state index in [4.69, 9.17) is 32.9 Å². The Morgan fingerprint density at radius 3 is 1.64 bits per heavy atom. The molecule has 2 heterocycles. The molecule has 0 spiro atoms. The minimum Gasteiger partial charge on any atom is -0.382 e. The number of benzene rings is 2. The van der Waals surface area contributed by atoms with E-state index in [1.807, 2.05) is 65.8 Å². The molecule has 2 aromatic heterocycles. The van der Waals surface area contributed by atoms with Gasteiger partial charge in [0.25, 0.3) is 11.0 Å². The van der Waals surface area contributed by atoms with E-state index in [0.29, 0.717) is 36.2 Å². The molecule has 0 aliphatic rings. The molecule has 1 amide bonds. The largest absolute Gasteiger partial charge is 0.382 e. The molecule has 10 heteroatoms. The first-order valence-electron chi connectivity index (χ1n) is 11.5. The first-order chi connectivity index (χ1) is 17.4. The molecule has 0 radical (unpaired) electrons. The summed E-state index contributed by atoms with van der Waals surface area (Å²) < 4.78 is 3.32. The number of pyridine rings is 2. The molecule has 0 bridgehead atoms. The summed E-state index contributed by atoms with van der Waals surface area (Å²) in [4.78, 5) is 24.9. The van der Waals surface area contributed by atoms with Crippen LogP contribution in [0.3, 0.4) is 0 Å². The van der Waals surface area contributed by atoms with E-state index in [1.165, 1.54) is 0 Å². The fourth-order valence-corrected chi connectivity index (χ4v) is 4.49. The summed E-state index contributed by atoms with van der Waals surface area (Å²) in [5.41, 5.74) is 3.59. The maximum absolute atomic E-state index is 12.3. The van der Waals surface area contributed by atoms with E-state index in [9.17, 15) is 4.79 Å². The Bertz CT molecular complexity index is 1300. The van der Waals surface area contributed by atoms with Crippen LogP contribution in [0.5, 0.6) is 0 Å². The summed E-state index contributed by atoms with van der Waals surface area (Å²) >= 11 is 12.4. The fraction of sp³-hybridized carbons (Fsp3) is 0.269. The van der Waals surface area contributed by atoms with Gasteiger partial charge in [0.2, 0.25) is 18.3 Å². The van der Waals surface area contributed by atoms with Gasteiger partial charge >= 0.3 is 0 Å². The van der Waals surface area contributed by atoms with Gasteiger partial charge in [0.05, 0.1) is 22.1 Å². The maximum atomic E-state index is 12.3. The van der Waals surface area contributed by atoms with Crippen molar-refractivity contribution in [3.05, 3.63) is 71.0 Å². The summed E-state index contributed by atoms with van der Waals surface area (Å²) in [5.74, 6) is 0.0162. The van der Waals surface area contributed by atoms with E-state index in [0.717, 1.165) is 33.2 Å². The zero-order valence-corrected chi connectivity index (χ0v) is 21.9. The molecule has 2 N–H and O–H groups in total. The van der Waals surface area contributed by atoms with Gasteiger partial charge in [0.15, 0.2) is 0 Å². The van der Waals surface area contributed by atoms with Crippen LogP contribution < -0.4 is 29.8 Å². The van der Waals surface area contributed by atoms with Crippen molar-refractivity contribution >= 4 is 62.3 Å². The highest BCUT2D eigenvalue weighted by molar-refractivity contribution is 6.31. The molecule has 188 valence electrons. The number of anilines is 2. The Morgan fingerprint density at radius 2 is 1.25 bits per heavy atom. The fourth-order valence-electron chi connectivity index (χ4n) is 4.16. The number of hydrogen-bond acceptors (Lipinski definition) is 5. The van der Waals surface area contributed by atoms with Crippen molar-refractivity contribution in [2.75, 3.05) is 51.0 Å². The number of carbonyl (C=O) groups excluding carboxylic acids is 1. The molecule has 0 aliphatic heterocycles. The molecule has 0 saturated heterocycles. The molecule has 0 unspecified atom stereocenters. The van der Waals surface area contributed by atoms with E-state index in [2.05, 4.69) is 10.6 Å². The van der Waals surface area contributed by atoms with Crippen molar-refractivity contribution in [3.63, 3.8) is 0 Å². The lowest BCUT2D eigenvalue weighted by Crippen LogP contribution is -2.41. The summed E-state index contributed by atoms with van der Waals surface area (Å²) in [6.45, 7) is 3.88. The lowest BCUT2D eigenvalue weighted by molar-refractivity contribution is -0.865. The van der Waals surface area contributed by atoms with Gasteiger partial charge in [-0.05, 0) is 24.3 Å². The Balaban J connectivity index is 1.39. The molecule has 0 fully saturated rings. The third-order valence-electron chi connectivity index (χ3n) is 5.96. The average Bonchev–Trinajstić information content (AvgIpc) is 2.87. The van der Waals surface area contributed by atoms with Gasteiger partial charge in [-0.2, -0.15) is 0 Å². The second-order valence-corrected chi connectivity index (χ2v) is 9.03. The van der Waals surface area contributed by atoms with E-state index < -0.39 is 0 Å². The molecular formula is C26H29Cl2N5O3+2. The second-order valence-electron chi connectivity index (χ2n) is 8.16. The van der Waals surface area contributed by atoms with E-state index >= 15 is 0 Å². The summed E-state index contributed by atoms with van der Waals surface area (Å²) in [5, 5.41) is 10.1.